The van der Waals surface area contributed by atoms with E-state index in [4.69, 9.17) is 5.26 Å². The van der Waals surface area contributed by atoms with E-state index in [2.05, 4.69) is 10.0 Å². The van der Waals surface area contributed by atoms with Gasteiger partial charge in [-0.3, -0.25) is 19.7 Å². The van der Waals surface area contributed by atoms with Gasteiger partial charge in [-0.05, 0) is 35.1 Å². The Morgan fingerprint density at radius 2 is 2.07 bits per heavy atom. The number of hydrogen-bond donors (Lipinski definition) is 2. The van der Waals surface area contributed by atoms with Crippen LogP contribution in [-0.2, 0) is 32.7 Å². The standard InChI is InChI=1S/C19H16N4O5S2/c20-8-12-5-6-29-19(12)30(27,28)21-9-11-1-2-14-13(7-11)10-23(18(14)26)15-3-4-16(24)22-17(15)25/h1-2,5-7,15,21H,3-4,9-10H2,(H,22,24,25). The van der Waals surface area contributed by atoms with Crippen molar-refractivity contribution in [3.05, 3.63) is 51.9 Å². The van der Waals surface area contributed by atoms with E-state index in [0.717, 1.165) is 11.3 Å². The van der Waals surface area contributed by atoms with Crippen LogP contribution in [0, 0.1) is 11.3 Å². The van der Waals surface area contributed by atoms with Crippen molar-refractivity contribution < 1.29 is 22.8 Å². The summed E-state index contributed by atoms with van der Waals surface area (Å²) in [5.41, 5.74) is 1.88. The Bertz CT molecular complexity index is 1210. The smallest absolute Gasteiger partial charge is 0.255 e. The Labute approximate surface area is 176 Å². The van der Waals surface area contributed by atoms with Gasteiger partial charge in [0, 0.05) is 25.1 Å². The van der Waals surface area contributed by atoms with E-state index in [9.17, 15) is 22.8 Å². The second-order valence-corrected chi connectivity index (χ2v) is 9.83. The summed E-state index contributed by atoms with van der Waals surface area (Å²) in [4.78, 5) is 37.6. The summed E-state index contributed by atoms with van der Waals surface area (Å²) >= 11 is 0.967. The average molecular weight is 444 g/mol. The van der Waals surface area contributed by atoms with Crippen LogP contribution in [-0.4, -0.2) is 37.1 Å². The number of nitriles is 1. The maximum absolute atomic E-state index is 12.7. The molecule has 1 saturated heterocycles. The molecule has 2 aliphatic rings. The van der Waals surface area contributed by atoms with Crippen LogP contribution >= 0.6 is 11.3 Å². The maximum Gasteiger partial charge on any atom is 0.255 e. The second-order valence-electron chi connectivity index (χ2n) is 6.95. The van der Waals surface area contributed by atoms with Gasteiger partial charge in [0.25, 0.3) is 15.9 Å². The third kappa shape index (κ3) is 3.60. The van der Waals surface area contributed by atoms with Crippen LogP contribution in [0.4, 0.5) is 0 Å². The second kappa shape index (κ2) is 7.64. The molecule has 0 aliphatic carbocycles. The average Bonchev–Trinajstić information content (AvgIpc) is 3.32. The minimum absolute atomic E-state index is 0.00894. The Hall–Kier alpha value is -3.07. The zero-order valence-corrected chi connectivity index (χ0v) is 17.2. The SMILES string of the molecule is N#Cc1ccsc1S(=O)(=O)NCc1ccc2c(c1)CN(C1CCC(=O)NC1=O)C2=O. The summed E-state index contributed by atoms with van der Waals surface area (Å²) in [6.45, 7) is 0.204. The summed E-state index contributed by atoms with van der Waals surface area (Å²) in [5.74, 6) is -1.12. The van der Waals surface area contributed by atoms with Crippen LogP contribution in [0.5, 0.6) is 0 Å². The highest BCUT2D eigenvalue weighted by atomic mass is 32.2. The number of nitrogens with one attached hydrogen (secondary N) is 2. The molecular weight excluding hydrogens is 428 g/mol. The molecule has 4 rings (SSSR count). The lowest BCUT2D eigenvalue weighted by atomic mass is 10.0. The highest BCUT2D eigenvalue weighted by Gasteiger charge is 2.39. The molecule has 0 radical (unpaired) electrons. The predicted molar refractivity (Wildman–Crippen MR) is 106 cm³/mol. The fourth-order valence-electron chi connectivity index (χ4n) is 3.57. The van der Waals surface area contributed by atoms with E-state index in [1.165, 1.54) is 16.3 Å². The Kier molecular flexibility index (Phi) is 5.15. The number of carbonyl (C=O) groups excluding carboxylic acids is 3. The number of carbonyl (C=O) groups is 3. The summed E-state index contributed by atoms with van der Waals surface area (Å²) in [6.07, 6.45) is 0.454. The summed E-state index contributed by atoms with van der Waals surface area (Å²) in [7, 11) is -3.84. The van der Waals surface area contributed by atoms with E-state index in [-0.39, 0.29) is 47.5 Å². The molecule has 9 nitrogen and oxygen atoms in total. The molecule has 0 bridgehead atoms. The van der Waals surface area contributed by atoms with Gasteiger partial charge in [-0.1, -0.05) is 12.1 Å². The monoisotopic (exact) mass is 444 g/mol. The topological polar surface area (TPSA) is 136 Å². The molecule has 1 atom stereocenters. The van der Waals surface area contributed by atoms with Crippen molar-refractivity contribution in [3.8, 4) is 6.07 Å². The van der Waals surface area contributed by atoms with Crippen molar-refractivity contribution >= 4 is 39.1 Å². The molecule has 2 N–H and O–H groups in total. The van der Waals surface area contributed by atoms with E-state index in [1.54, 1.807) is 18.2 Å². The number of piperidine rings is 1. The first kappa shape index (κ1) is 20.2. The third-order valence-electron chi connectivity index (χ3n) is 5.05. The van der Waals surface area contributed by atoms with Crippen molar-refractivity contribution in [3.63, 3.8) is 0 Å². The van der Waals surface area contributed by atoms with Gasteiger partial charge in [0.2, 0.25) is 11.8 Å². The summed E-state index contributed by atoms with van der Waals surface area (Å²) in [5, 5.41) is 12.8. The summed E-state index contributed by atoms with van der Waals surface area (Å²) < 4.78 is 27.4. The van der Waals surface area contributed by atoms with E-state index in [1.807, 2.05) is 6.07 Å². The first-order chi connectivity index (χ1) is 14.3. The minimum Gasteiger partial charge on any atom is -0.322 e. The first-order valence-corrected chi connectivity index (χ1v) is 11.4. The third-order valence-corrected chi connectivity index (χ3v) is 7.93. The Balaban J connectivity index is 1.49. The lowest BCUT2D eigenvalue weighted by Gasteiger charge is -2.29. The van der Waals surface area contributed by atoms with E-state index < -0.39 is 22.0 Å². The lowest BCUT2D eigenvalue weighted by molar-refractivity contribution is -0.136. The number of rotatable bonds is 5. The molecule has 1 fully saturated rings. The molecule has 0 spiro atoms. The van der Waals surface area contributed by atoms with Crippen molar-refractivity contribution in [2.45, 2.75) is 36.2 Å². The number of imide groups is 1. The molecule has 2 aliphatic heterocycles. The molecule has 1 aromatic heterocycles. The minimum atomic E-state index is -3.84. The van der Waals surface area contributed by atoms with Crippen LogP contribution in [0.1, 0.15) is 39.9 Å². The summed E-state index contributed by atoms with van der Waals surface area (Å²) in [6, 6.07) is 7.58. The zero-order valence-electron chi connectivity index (χ0n) is 15.5. The van der Waals surface area contributed by atoms with Gasteiger partial charge >= 0.3 is 0 Å². The van der Waals surface area contributed by atoms with Gasteiger partial charge in [0.15, 0.2) is 4.21 Å². The molecule has 154 valence electrons. The number of thiophene rings is 1. The molecule has 1 unspecified atom stereocenters. The molecule has 2 aromatic rings. The van der Waals surface area contributed by atoms with Crippen LogP contribution in [0.2, 0.25) is 0 Å². The van der Waals surface area contributed by atoms with Crippen LogP contribution in [0.25, 0.3) is 0 Å². The van der Waals surface area contributed by atoms with Crippen molar-refractivity contribution in [2.24, 2.45) is 0 Å². The zero-order chi connectivity index (χ0) is 21.5. The van der Waals surface area contributed by atoms with Gasteiger partial charge in [-0.15, -0.1) is 11.3 Å². The fraction of sp³-hybridized carbons (Fsp3) is 0.263. The fourth-order valence-corrected chi connectivity index (χ4v) is 5.88. The normalized spacial score (nSPS) is 18.8. The largest absolute Gasteiger partial charge is 0.322 e. The first-order valence-electron chi connectivity index (χ1n) is 9.04. The number of nitrogens with zero attached hydrogens (tertiary/aromatic N) is 2. The van der Waals surface area contributed by atoms with Gasteiger partial charge in [0.05, 0.1) is 5.56 Å². The molecule has 3 amide bonds. The molecule has 30 heavy (non-hydrogen) atoms. The van der Waals surface area contributed by atoms with Crippen LogP contribution in [0.3, 0.4) is 0 Å². The lowest BCUT2D eigenvalue weighted by Crippen LogP contribution is -2.52. The molecule has 3 heterocycles. The number of amides is 3. The maximum atomic E-state index is 12.7. The highest BCUT2D eigenvalue weighted by Crippen LogP contribution is 2.28. The number of sulfonamides is 1. The number of benzene rings is 1. The quantitative estimate of drug-likeness (QED) is 0.657. The van der Waals surface area contributed by atoms with E-state index >= 15 is 0 Å². The predicted octanol–water partition coefficient (Wildman–Crippen LogP) is 0.859. The van der Waals surface area contributed by atoms with Gasteiger partial charge in [-0.25, -0.2) is 13.1 Å². The van der Waals surface area contributed by atoms with Gasteiger partial charge < -0.3 is 4.90 Å². The van der Waals surface area contributed by atoms with Crippen molar-refractivity contribution in [2.75, 3.05) is 0 Å². The van der Waals surface area contributed by atoms with Crippen molar-refractivity contribution in [1.82, 2.24) is 14.9 Å². The molecule has 1 aromatic carbocycles. The number of hydrogen-bond acceptors (Lipinski definition) is 7. The Morgan fingerprint density at radius 1 is 1.27 bits per heavy atom. The highest BCUT2D eigenvalue weighted by molar-refractivity contribution is 7.91. The van der Waals surface area contributed by atoms with Crippen LogP contribution < -0.4 is 10.0 Å². The van der Waals surface area contributed by atoms with Crippen LogP contribution in [0.15, 0.2) is 33.9 Å². The Morgan fingerprint density at radius 3 is 2.80 bits per heavy atom. The van der Waals surface area contributed by atoms with Gasteiger partial charge in [0.1, 0.15) is 12.1 Å². The van der Waals surface area contributed by atoms with Gasteiger partial charge in [-0.2, -0.15) is 5.26 Å². The molecule has 0 saturated carbocycles. The number of fused-ring (bicyclic) bond motifs is 1. The van der Waals surface area contributed by atoms with Crippen molar-refractivity contribution in [1.29, 1.82) is 5.26 Å². The van der Waals surface area contributed by atoms with E-state index in [0.29, 0.717) is 16.7 Å². The molecular formula is C19H16N4O5S2. The molecule has 11 heteroatoms.